The lowest BCUT2D eigenvalue weighted by molar-refractivity contribution is 0.224. The van der Waals surface area contributed by atoms with Crippen molar-refractivity contribution < 1.29 is 4.42 Å². The molecule has 0 aromatic carbocycles. The molecule has 3 heterocycles. The van der Waals surface area contributed by atoms with Crippen LogP contribution in [0, 0.1) is 19.8 Å². The number of likely N-dealkylation sites (tertiary alicyclic amines) is 1. The molecule has 0 saturated carbocycles. The summed E-state index contributed by atoms with van der Waals surface area (Å²) in [6, 6.07) is 0. The lowest BCUT2D eigenvalue weighted by Crippen LogP contribution is -2.33. The molecule has 0 spiro atoms. The second-order valence-electron chi connectivity index (χ2n) is 5.60. The lowest BCUT2D eigenvalue weighted by atomic mass is 10.0. The Morgan fingerprint density at radius 3 is 2.95 bits per heavy atom. The minimum atomic E-state index is 0.598. The van der Waals surface area contributed by atoms with Crippen molar-refractivity contribution in [2.24, 2.45) is 5.92 Å². The first-order valence-corrected chi connectivity index (χ1v) is 9.01. The Bertz CT molecular complexity index is 610. The fraction of sp³-hybridized carbons (Fsp3) is 0.643. The van der Waals surface area contributed by atoms with E-state index in [1.54, 1.807) is 23.1 Å². The van der Waals surface area contributed by atoms with E-state index in [4.69, 9.17) is 4.42 Å². The van der Waals surface area contributed by atoms with Crippen molar-refractivity contribution in [1.29, 1.82) is 0 Å². The summed E-state index contributed by atoms with van der Waals surface area (Å²) >= 11 is 3.28. The minimum Gasteiger partial charge on any atom is -0.410 e. The van der Waals surface area contributed by atoms with Crippen LogP contribution in [0.3, 0.4) is 0 Å². The van der Waals surface area contributed by atoms with E-state index < -0.39 is 0 Å². The summed E-state index contributed by atoms with van der Waals surface area (Å²) in [5, 5.41) is 10.0. The number of thiazole rings is 1. The SMILES string of the molecule is Cc1nc(C)c(-c2nnc(SCC3CCCN(C)C3)o2)s1. The second kappa shape index (κ2) is 6.46. The van der Waals surface area contributed by atoms with Gasteiger partial charge >= 0.3 is 0 Å². The maximum absolute atomic E-state index is 5.78. The zero-order valence-electron chi connectivity index (χ0n) is 12.6. The number of hydrogen-bond donors (Lipinski definition) is 0. The van der Waals surface area contributed by atoms with E-state index in [-0.39, 0.29) is 0 Å². The smallest absolute Gasteiger partial charge is 0.276 e. The topological polar surface area (TPSA) is 55.1 Å². The van der Waals surface area contributed by atoms with Gasteiger partial charge in [-0.2, -0.15) is 0 Å². The minimum absolute atomic E-state index is 0.598. The van der Waals surface area contributed by atoms with Gasteiger partial charge in [0.15, 0.2) is 0 Å². The fourth-order valence-corrected chi connectivity index (χ4v) is 4.42. The third kappa shape index (κ3) is 3.64. The molecule has 1 fully saturated rings. The zero-order valence-corrected chi connectivity index (χ0v) is 14.3. The number of hydrogen-bond acceptors (Lipinski definition) is 7. The molecule has 1 aliphatic heterocycles. The highest BCUT2D eigenvalue weighted by Crippen LogP contribution is 2.31. The molecule has 21 heavy (non-hydrogen) atoms. The van der Waals surface area contributed by atoms with Gasteiger partial charge in [-0.05, 0) is 46.2 Å². The molecule has 0 N–H and O–H groups in total. The van der Waals surface area contributed by atoms with Crippen molar-refractivity contribution in [3.05, 3.63) is 10.7 Å². The van der Waals surface area contributed by atoms with Crippen LogP contribution in [0.4, 0.5) is 0 Å². The first-order valence-electron chi connectivity index (χ1n) is 7.21. The van der Waals surface area contributed by atoms with Gasteiger partial charge in [0.25, 0.3) is 11.1 Å². The monoisotopic (exact) mass is 324 g/mol. The van der Waals surface area contributed by atoms with Gasteiger partial charge < -0.3 is 9.32 Å². The summed E-state index contributed by atoms with van der Waals surface area (Å²) in [5.74, 6) is 2.37. The Morgan fingerprint density at radius 1 is 1.38 bits per heavy atom. The van der Waals surface area contributed by atoms with E-state index in [1.807, 2.05) is 13.8 Å². The zero-order chi connectivity index (χ0) is 14.8. The van der Waals surface area contributed by atoms with Crippen molar-refractivity contribution in [1.82, 2.24) is 20.1 Å². The molecule has 1 saturated heterocycles. The maximum Gasteiger partial charge on any atom is 0.276 e. The largest absolute Gasteiger partial charge is 0.410 e. The van der Waals surface area contributed by atoms with Crippen LogP contribution < -0.4 is 0 Å². The average molecular weight is 324 g/mol. The van der Waals surface area contributed by atoms with Crippen LogP contribution in [0.2, 0.25) is 0 Å². The van der Waals surface area contributed by atoms with Gasteiger partial charge in [0, 0.05) is 12.3 Å². The van der Waals surface area contributed by atoms with Gasteiger partial charge in [0.2, 0.25) is 0 Å². The second-order valence-corrected chi connectivity index (χ2v) is 7.78. The number of aryl methyl sites for hydroxylation is 2. The summed E-state index contributed by atoms with van der Waals surface area (Å²) in [4.78, 5) is 7.79. The highest BCUT2D eigenvalue weighted by Gasteiger charge is 2.19. The Kier molecular flexibility index (Phi) is 4.61. The molecule has 114 valence electrons. The molecular formula is C14H20N4OS2. The van der Waals surface area contributed by atoms with E-state index in [2.05, 4.69) is 27.1 Å². The predicted molar refractivity (Wildman–Crippen MR) is 85.8 cm³/mol. The van der Waals surface area contributed by atoms with Crippen molar-refractivity contribution in [3.8, 4) is 10.8 Å². The van der Waals surface area contributed by atoms with Crippen molar-refractivity contribution in [3.63, 3.8) is 0 Å². The van der Waals surface area contributed by atoms with Crippen molar-refractivity contribution in [2.75, 3.05) is 25.9 Å². The number of piperidine rings is 1. The standard InChI is InChI=1S/C14H20N4OS2/c1-9-12(21-10(2)15-9)13-16-17-14(19-13)20-8-11-5-4-6-18(3)7-11/h11H,4-8H2,1-3H3. The van der Waals surface area contributed by atoms with Crippen LogP contribution >= 0.6 is 23.1 Å². The van der Waals surface area contributed by atoms with E-state index >= 15 is 0 Å². The first kappa shape index (κ1) is 15.0. The molecule has 7 heteroatoms. The number of aromatic nitrogens is 3. The van der Waals surface area contributed by atoms with Crippen LogP contribution in [-0.2, 0) is 0 Å². The number of thioether (sulfide) groups is 1. The molecule has 0 radical (unpaired) electrons. The normalized spacial score (nSPS) is 20.0. The Labute approximate surface area is 133 Å². The summed E-state index contributed by atoms with van der Waals surface area (Å²) in [7, 11) is 2.19. The molecule has 1 atom stereocenters. The molecular weight excluding hydrogens is 304 g/mol. The molecule has 2 aromatic rings. The van der Waals surface area contributed by atoms with Gasteiger partial charge in [-0.15, -0.1) is 21.5 Å². The predicted octanol–water partition coefficient (Wildman–Crippen LogP) is 3.24. The van der Waals surface area contributed by atoms with Crippen molar-refractivity contribution in [2.45, 2.75) is 31.9 Å². The Balaban J connectivity index is 1.61. The van der Waals surface area contributed by atoms with Crippen LogP contribution in [0.25, 0.3) is 10.8 Å². The fourth-order valence-electron chi connectivity index (χ4n) is 2.69. The number of nitrogens with zero attached hydrogens (tertiary/aromatic N) is 4. The van der Waals surface area contributed by atoms with Gasteiger partial charge in [-0.25, -0.2) is 4.98 Å². The average Bonchev–Trinajstić information content (AvgIpc) is 3.03. The van der Waals surface area contributed by atoms with Gasteiger partial charge in [0.05, 0.1) is 10.7 Å². The summed E-state index contributed by atoms with van der Waals surface area (Å²) in [5.41, 5.74) is 0.964. The van der Waals surface area contributed by atoms with E-state index in [9.17, 15) is 0 Å². The van der Waals surface area contributed by atoms with Crippen LogP contribution in [0.1, 0.15) is 23.5 Å². The molecule has 0 bridgehead atoms. The Hall–Kier alpha value is -0.920. The van der Waals surface area contributed by atoms with Gasteiger partial charge in [0.1, 0.15) is 4.88 Å². The highest BCUT2D eigenvalue weighted by atomic mass is 32.2. The summed E-state index contributed by atoms with van der Waals surface area (Å²) < 4.78 is 5.78. The maximum atomic E-state index is 5.78. The van der Waals surface area contributed by atoms with Gasteiger partial charge in [-0.1, -0.05) is 11.8 Å². The molecule has 2 aromatic heterocycles. The molecule has 1 aliphatic rings. The molecule has 0 amide bonds. The first-order chi connectivity index (χ1) is 10.1. The third-order valence-electron chi connectivity index (χ3n) is 3.67. The molecule has 5 nitrogen and oxygen atoms in total. The summed E-state index contributed by atoms with van der Waals surface area (Å²) in [6.45, 7) is 6.36. The lowest BCUT2D eigenvalue weighted by Gasteiger charge is -2.28. The highest BCUT2D eigenvalue weighted by molar-refractivity contribution is 7.99. The molecule has 1 unspecified atom stereocenters. The van der Waals surface area contributed by atoms with E-state index in [0.29, 0.717) is 11.1 Å². The third-order valence-corrected chi connectivity index (χ3v) is 5.78. The Morgan fingerprint density at radius 2 is 2.24 bits per heavy atom. The number of rotatable bonds is 4. The molecule has 0 aliphatic carbocycles. The van der Waals surface area contributed by atoms with E-state index in [0.717, 1.165) is 27.2 Å². The molecule has 3 rings (SSSR count). The summed E-state index contributed by atoms with van der Waals surface area (Å²) in [6.07, 6.45) is 2.58. The van der Waals surface area contributed by atoms with E-state index in [1.165, 1.54) is 25.9 Å². The van der Waals surface area contributed by atoms with Crippen LogP contribution in [-0.4, -0.2) is 46.0 Å². The van der Waals surface area contributed by atoms with Crippen LogP contribution in [0.15, 0.2) is 9.64 Å². The quantitative estimate of drug-likeness (QED) is 0.805. The van der Waals surface area contributed by atoms with Gasteiger partial charge in [-0.3, -0.25) is 0 Å². The van der Waals surface area contributed by atoms with Crippen LogP contribution in [0.5, 0.6) is 0 Å². The van der Waals surface area contributed by atoms with Crippen molar-refractivity contribution >= 4 is 23.1 Å².